The van der Waals surface area contributed by atoms with Crippen molar-refractivity contribution in [2.45, 2.75) is 52.4 Å². The summed E-state index contributed by atoms with van der Waals surface area (Å²) in [4.78, 5) is 119. The van der Waals surface area contributed by atoms with Crippen molar-refractivity contribution in [2.24, 2.45) is 0 Å². The van der Waals surface area contributed by atoms with Gasteiger partial charge in [0, 0.05) is 22.0 Å². The number of ether oxygens (including phenoxy) is 10. The zero-order valence-corrected chi connectivity index (χ0v) is 52.5. The van der Waals surface area contributed by atoms with Crippen LogP contribution in [0.25, 0.3) is 0 Å². The van der Waals surface area contributed by atoms with Crippen molar-refractivity contribution >= 4 is 59.7 Å². The van der Waals surface area contributed by atoms with E-state index in [4.69, 9.17) is 37.9 Å². The Kier molecular flexibility index (Phi) is 20.5. The van der Waals surface area contributed by atoms with Crippen molar-refractivity contribution in [2.75, 3.05) is 26.4 Å². The third-order valence-corrected chi connectivity index (χ3v) is 15.2. The second-order valence-electron chi connectivity index (χ2n) is 22.7. The number of aromatic carboxylic acids is 2. The first-order valence-corrected chi connectivity index (χ1v) is 29.4. The maximum absolute atomic E-state index is 12.6. The average molecular weight is 1300 g/mol. The van der Waals surface area contributed by atoms with E-state index in [0.717, 1.165) is 22.3 Å². The van der Waals surface area contributed by atoms with Crippen molar-refractivity contribution in [1.29, 1.82) is 0 Å². The van der Waals surface area contributed by atoms with Crippen LogP contribution in [0.15, 0.2) is 194 Å². The van der Waals surface area contributed by atoms with E-state index in [1.807, 2.05) is 86.6 Å². The van der Waals surface area contributed by atoms with Crippen LogP contribution in [0.5, 0.6) is 46.0 Å². The summed E-state index contributed by atoms with van der Waals surface area (Å²) in [5, 5.41) is 19.5. The molecular weight excluding hydrogens is 1240 g/mol. The van der Waals surface area contributed by atoms with Gasteiger partial charge in [-0.25, -0.2) is 47.9 Å². The smallest absolute Gasteiger partial charge is 0.347 e. The third-order valence-electron chi connectivity index (χ3n) is 15.2. The Morgan fingerprint density at radius 2 is 0.594 bits per heavy atom. The molecule has 0 spiro atoms. The lowest BCUT2D eigenvalue weighted by molar-refractivity contribution is -0.140. The Labute approximate surface area is 548 Å². The molecule has 8 aromatic rings. The quantitative estimate of drug-likeness (QED) is 0.0187. The van der Waals surface area contributed by atoms with Gasteiger partial charge in [0.05, 0.1) is 44.5 Å². The number of rotatable bonds is 24. The van der Waals surface area contributed by atoms with Crippen LogP contribution in [0.3, 0.4) is 0 Å². The van der Waals surface area contributed by atoms with Gasteiger partial charge in [-0.2, -0.15) is 0 Å². The van der Waals surface area contributed by atoms with Gasteiger partial charge in [0.25, 0.3) is 0 Å². The Hall–Kier alpha value is -12.5. The number of carboxylic acid groups (broad SMARTS) is 2. The molecule has 0 unspecified atom stereocenters. The highest BCUT2D eigenvalue weighted by molar-refractivity contribution is 6.15. The zero-order chi connectivity index (χ0) is 69.2. The molecule has 2 heterocycles. The fraction of sp³-hybridized carbons (Fsp3) is 0.162. The molecule has 2 aliphatic rings. The van der Waals surface area contributed by atoms with E-state index in [1.54, 1.807) is 36.4 Å². The van der Waals surface area contributed by atoms with Gasteiger partial charge in [-0.15, -0.1) is 0 Å². The van der Waals surface area contributed by atoms with Gasteiger partial charge in [0.15, 0.2) is 0 Å². The maximum atomic E-state index is 12.6. The molecule has 0 bridgehead atoms. The summed E-state index contributed by atoms with van der Waals surface area (Å²) in [6.45, 7) is 17.1. The second-order valence-corrected chi connectivity index (χ2v) is 22.7. The Balaban J connectivity index is 0.000000240. The second kappa shape index (κ2) is 29.0. The van der Waals surface area contributed by atoms with Crippen LogP contribution in [0.2, 0.25) is 0 Å². The summed E-state index contributed by atoms with van der Waals surface area (Å²) in [5.74, 6) is -5.31. The minimum Gasteiger partial charge on any atom is -0.478 e. The molecule has 0 aliphatic carbocycles. The molecule has 0 saturated heterocycles. The van der Waals surface area contributed by atoms with E-state index < -0.39 is 65.1 Å². The van der Waals surface area contributed by atoms with Crippen LogP contribution in [0, 0.1) is 0 Å². The maximum Gasteiger partial charge on any atom is 0.347 e. The number of carbonyl (C=O) groups excluding carboxylic acids is 8. The molecular formula is C74H60O22. The van der Waals surface area contributed by atoms with Crippen molar-refractivity contribution in [3.05, 3.63) is 261 Å². The highest BCUT2D eigenvalue weighted by Gasteiger charge is 2.32. The van der Waals surface area contributed by atoms with E-state index >= 15 is 0 Å². The zero-order valence-electron chi connectivity index (χ0n) is 52.5. The number of hydrogen-bond donors (Lipinski definition) is 2. The van der Waals surface area contributed by atoms with Crippen molar-refractivity contribution < 1.29 is 106 Å². The van der Waals surface area contributed by atoms with E-state index in [9.17, 15) is 58.2 Å². The molecule has 488 valence electrons. The van der Waals surface area contributed by atoms with Crippen LogP contribution < -0.4 is 18.9 Å². The Bertz CT molecular complexity index is 4160. The minimum atomic E-state index is -1.37. The van der Waals surface area contributed by atoms with E-state index in [-0.39, 0.29) is 99.0 Å². The minimum absolute atomic E-state index is 0.172. The molecule has 0 atom stereocenters. The van der Waals surface area contributed by atoms with Crippen LogP contribution in [0.1, 0.15) is 147 Å². The van der Waals surface area contributed by atoms with Gasteiger partial charge >= 0.3 is 59.7 Å². The van der Waals surface area contributed by atoms with Gasteiger partial charge in [0.1, 0.15) is 72.4 Å². The molecule has 0 amide bonds. The monoisotopic (exact) mass is 1300 g/mol. The molecule has 0 saturated carbocycles. The topological polar surface area (TPSA) is 303 Å². The van der Waals surface area contributed by atoms with E-state index in [2.05, 4.69) is 36.5 Å². The van der Waals surface area contributed by atoms with E-state index in [1.165, 1.54) is 74.5 Å². The summed E-state index contributed by atoms with van der Waals surface area (Å²) >= 11 is 0. The number of hydrogen-bond acceptors (Lipinski definition) is 20. The number of fused-ring (bicyclic) bond motifs is 2. The molecule has 22 nitrogen and oxygen atoms in total. The lowest BCUT2D eigenvalue weighted by Gasteiger charge is -2.26. The lowest BCUT2D eigenvalue weighted by atomic mass is 9.78. The summed E-state index contributed by atoms with van der Waals surface area (Å²) < 4.78 is 52.7. The van der Waals surface area contributed by atoms with Gasteiger partial charge in [0.2, 0.25) is 0 Å². The van der Waals surface area contributed by atoms with Gasteiger partial charge in [-0.3, -0.25) is 0 Å². The van der Waals surface area contributed by atoms with Crippen LogP contribution in [0.4, 0.5) is 0 Å². The lowest BCUT2D eigenvalue weighted by Crippen LogP contribution is -2.18. The number of benzene rings is 8. The number of cyclic esters (lactones) is 4. The number of esters is 8. The van der Waals surface area contributed by atoms with Gasteiger partial charge in [-0.1, -0.05) is 89.4 Å². The molecule has 10 rings (SSSR count). The fourth-order valence-corrected chi connectivity index (χ4v) is 9.71. The molecule has 2 aliphatic heterocycles. The summed E-state index contributed by atoms with van der Waals surface area (Å²) in [5.41, 5.74) is 3.25. The standard InChI is InChI=1S/C43H40O14.C31H20O8/c1-25(2)39(48)52-19-21-54-41(50)33-17-15-31(23-35(33)37(44)45)56-29-11-7-27(8-12-29)43(5,6)28-9-13-30(14-10-28)57-32-16-18-34(36(24-32)38(46)47)42(51)55-22-20-53-40(49)26(3)4;1-31(2,17-3-7-19(8-4-17)36-21-11-13-23-25(15-21)29(34)38-27(23)32)18-5-9-20(10-6-18)37-22-12-14-24-26(16-22)30(35)39-28(24)33/h7-18,23-24H,1,3,19-22H2,2,4-6H3,(H,44,45)(H,46,47);3-16H,1-2H3. The molecule has 96 heavy (non-hydrogen) atoms. The highest BCUT2D eigenvalue weighted by atomic mass is 16.6. The molecule has 0 fully saturated rings. The summed E-state index contributed by atoms with van der Waals surface area (Å²) in [7, 11) is 0. The van der Waals surface area contributed by atoms with Crippen molar-refractivity contribution in [3.8, 4) is 46.0 Å². The fourth-order valence-electron chi connectivity index (χ4n) is 9.71. The predicted octanol–water partition coefficient (Wildman–Crippen LogP) is 13.8. The van der Waals surface area contributed by atoms with Crippen LogP contribution >= 0.6 is 0 Å². The van der Waals surface area contributed by atoms with Crippen LogP contribution in [-0.2, 0) is 48.8 Å². The summed E-state index contributed by atoms with van der Waals surface area (Å²) in [6.07, 6.45) is 0. The highest BCUT2D eigenvalue weighted by Crippen LogP contribution is 2.38. The summed E-state index contributed by atoms with van der Waals surface area (Å²) in [6, 6.07) is 46.7. The first-order valence-electron chi connectivity index (χ1n) is 29.4. The SMILES string of the molecule is C=C(C)C(=O)OCCOC(=O)c1ccc(Oc2ccc(C(C)(C)c3ccc(Oc4ccc(C(=O)OCCOC(=O)C(=C)C)c(C(=O)O)c4)cc3)cc2)cc1C(=O)O.CC(C)(c1ccc(Oc2ccc3c(c2)C(=O)OC3=O)cc1)c1ccc(Oc2ccc3c(c2)C(=O)OC3=O)cc1. The molecule has 2 N–H and O–H groups in total. The molecule has 0 aromatic heterocycles. The van der Waals surface area contributed by atoms with Gasteiger partial charge in [-0.05, 0) is 157 Å². The molecule has 22 heteroatoms. The van der Waals surface area contributed by atoms with E-state index in [0.29, 0.717) is 34.5 Å². The normalized spacial score (nSPS) is 12.1. The molecule has 8 aromatic carbocycles. The molecule has 0 radical (unpaired) electrons. The average Bonchev–Trinajstić information content (AvgIpc) is 1.75. The van der Waals surface area contributed by atoms with Gasteiger partial charge < -0.3 is 57.6 Å². The number of carboxylic acids is 2. The predicted molar refractivity (Wildman–Crippen MR) is 342 cm³/mol. The first kappa shape index (κ1) is 67.9. The number of carbonyl (C=O) groups is 10. The largest absolute Gasteiger partial charge is 0.478 e. The van der Waals surface area contributed by atoms with Crippen molar-refractivity contribution in [3.63, 3.8) is 0 Å². The van der Waals surface area contributed by atoms with Crippen molar-refractivity contribution in [1.82, 2.24) is 0 Å². The Morgan fingerprint density at radius 1 is 0.344 bits per heavy atom. The van der Waals surface area contributed by atoms with Crippen LogP contribution in [-0.4, -0.2) is 96.3 Å². The third kappa shape index (κ3) is 16.0. The Morgan fingerprint density at radius 3 is 0.875 bits per heavy atom. The first-order chi connectivity index (χ1) is 45.7.